The van der Waals surface area contributed by atoms with Crippen LogP contribution in [0.5, 0.6) is 0 Å². The first-order valence-electron chi connectivity index (χ1n) is 2.50. The van der Waals surface area contributed by atoms with Gasteiger partial charge in [0.2, 0.25) is 0 Å². The van der Waals surface area contributed by atoms with Gasteiger partial charge in [-0.3, -0.25) is 4.55 Å². The molecule has 64 valence electrons. The Labute approximate surface area is 66.7 Å². The summed E-state index contributed by atoms with van der Waals surface area (Å²) in [7, 11) is -2.30. The standard InChI is InChI=1S/C4H10O4S.ClH/c1-8-3-2-4-9(5,6)7;/h2-4H2,1H3,(H,5,6,7);1H. The minimum Gasteiger partial charge on any atom is -0.385 e. The summed E-state index contributed by atoms with van der Waals surface area (Å²) in [5.41, 5.74) is 0. The predicted octanol–water partition coefficient (Wildman–Crippen LogP) is 0.333. The number of hydrogen-bond acceptors (Lipinski definition) is 3. The van der Waals surface area contributed by atoms with Gasteiger partial charge in [-0.05, 0) is 6.42 Å². The molecule has 0 saturated heterocycles. The maximum absolute atomic E-state index is 10.0. The summed E-state index contributed by atoms with van der Waals surface area (Å²) in [5.74, 6) is -0.221. The SMILES string of the molecule is COCCCS(=O)(=O)O.Cl. The van der Waals surface area contributed by atoms with Gasteiger partial charge >= 0.3 is 0 Å². The van der Waals surface area contributed by atoms with Crippen LogP contribution in [0.15, 0.2) is 0 Å². The van der Waals surface area contributed by atoms with E-state index in [2.05, 4.69) is 4.74 Å². The molecular formula is C4H11ClO4S. The molecule has 0 aliphatic heterocycles. The molecule has 0 aliphatic carbocycles. The van der Waals surface area contributed by atoms with Gasteiger partial charge in [-0.25, -0.2) is 0 Å². The fourth-order valence-electron chi connectivity index (χ4n) is 0.386. The second-order valence-corrected chi connectivity index (χ2v) is 3.20. The van der Waals surface area contributed by atoms with E-state index in [0.717, 1.165) is 0 Å². The van der Waals surface area contributed by atoms with E-state index in [1.165, 1.54) is 7.11 Å². The largest absolute Gasteiger partial charge is 0.385 e. The Morgan fingerprint density at radius 1 is 1.50 bits per heavy atom. The molecule has 0 unspecified atom stereocenters. The van der Waals surface area contributed by atoms with Crippen molar-refractivity contribution < 1.29 is 17.7 Å². The van der Waals surface area contributed by atoms with Gasteiger partial charge in [0.1, 0.15) is 0 Å². The lowest BCUT2D eigenvalue weighted by atomic mass is 10.5. The maximum atomic E-state index is 10.0. The van der Waals surface area contributed by atoms with E-state index in [4.69, 9.17) is 4.55 Å². The van der Waals surface area contributed by atoms with Crippen molar-refractivity contribution in [1.82, 2.24) is 0 Å². The molecular weight excluding hydrogens is 180 g/mol. The zero-order chi connectivity index (χ0) is 7.33. The van der Waals surface area contributed by atoms with Crippen molar-refractivity contribution >= 4 is 22.5 Å². The molecule has 0 rings (SSSR count). The van der Waals surface area contributed by atoms with E-state index >= 15 is 0 Å². The van der Waals surface area contributed by atoms with Gasteiger partial charge < -0.3 is 4.74 Å². The molecule has 0 aliphatic rings. The van der Waals surface area contributed by atoms with E-state index in [0.29, 0.717) is 13.0 Å². The fraction of sp³-hybridized carbons (Fsp3) is 1.00. The van der Waals surface area contributed by atoms with E-state index < -0.39 is 10.1 Å². The third kappa shape index (κ3) is 11.0. The topological polar surface area (TPSA) is 63.6 Å². The van der Waals surface area contributed by atoms with Crippen LogP contribution in [0.1, 0.15) is 6.42 Å². The summed E-state index contributed by atoms with van der Waals surface area (Å²) >= 11 is 0. The minimum atomic E-state index is -3.78. The van der Waals surface area contributed by atoms with Crippen molar-refractivity contribution in [2.45, 2.75) is 6.42 Å². The lowest BCUT2D eigenvalue weighted by molar-refractivity contribution is 0.199. The first-order valence-corrected chi connectivity index (χ1v) is 4.11. The van der Waals surface area contributed by atoms with Crippen LogP contribution in [0.3, 0.4) is 0 Å². The molecule has 0 saturated carbocycles. The van der Waals surface area contributed by atoms with Crippen LogP contribution in [0, 0.1) is 0 Å². The molecule has 0 aromatic rings. The molecule has 0 aromatic heterocycles. The van der Waals surface area contributed by atoms with E-state index in [-0.39, 0.29) is 18.2 Å². The quantitative estimate of drug-likeness (QED) is 0.513. The summed E-state index contributed by atoms with van der Waals surface area (Å²) in [6.45, 7) is 0.361. The van der Waals surface area contributed by atoms with Crippen molar-refractivity contribution in [1.29, 1.82) is 0 Å². The predicted molar refractivity (Wildman–Crippen MR) is 40.2 cm³/mol. The number of hydrogen-bond donors (Lipinski definition) is 1. The van der Waals surface area contributed by atoms with Gasteiger partial charge in [0.05, 0.1) is 5.75 Å². The summed E-state index contributed by atoms with van der Waals surface area (Å²) in [4.78, 5) is 0. The lowest BCUT2D eigenvalue weighted by Gasteiger charge is -1.94. The third-order valence-corrected chi connectivity index (χ3v) is 1.56. The van der Waals surface area contributed by atoms with Crippen molar-refractivity contribution in [2.24, 2.45) is 0 Å². The van der Waals surface area contributed by atoms with Crippen LogP contribution in [0.25, 0.3) is 0 Å². The van der Waals surface area contributed by atoms with Crippen LogP contribution < -0.4 is 0 Å². The smallest absolute Gasteiger partial charge is 0.264 e. The normalized spacial score (nSPS) is 10.6. The van der Waals surface area contributed by atoms with Crippen molar-refractivity contribution in [3.05, 3.63) is 0 Å². The lowest BCUT2D eigenvalue weighted by Crippen LogP contribution is -2.05. The van der Waals surface area contributed by atoms with Crippen molar-refractivity contribution in [3.8, 4) is 0 Å². The Kier molecular flexibility index (Phi) is 7.56. The minimum absolute atomic E-state index is 0. The second-order valence-electron chi connectivity index (χ2n) is 1.63. The molecule has 0 heterocycles. The number of rotatable bonds is 4. The molecule has 1 N–H and O–H groups in total. The highest BCUT2D eigenvalue weighted by atomic mass is 35.5. The van der Waals surface area contributed by atoms with Crippen LogP contribution in [-0.2, 0) is 14.9 Å². The molecule has 0 radical (unpaired) electrons. The molecule has 0 bridgehead atoms. The maximum Gasteiger partial charge on any atom is 0.264 e. The highest BCUT2D eigenvalue weighted by molar-refractivity contribution is 7.85. The number of ether oxygens (including phenoxy) is 1. The third-order valence-electron chi connectivity index (χ3n) is 0.751. The summed E-state index contributed by atoms with van der Waals surface area (Å²) in [5, 5.41) is 0. The Morgan fingerprint density at radius 3 is 2.30 bits per heavy atom. The van der Waals surface area contributed by atoms with Crippen LogP contribution in [0.4, 0.5) is 0 Å². The number of methoxy groups -OCH3 is 1. The van der Waals surface area contributed by atoms with E-state index in [1.54, 1.807) is 0 Å². The first-order chi connectivity index (χ1) is 4.06. The summed E-state index contributed by atoms with van der Waals surface area (Å²) in [6, 6.07) is 0. The van der Waals surface area contributed by atoms with Gasteiger partial charge in [0.15, 0.2) is 0 Å². The van der Waals surface area contributed by atoms with E-state index in [9.17, 15) is 8.42 Å². The van der Waals surface area contributed by atoms with Crippen molar-refractivity contribution in [2.75, 3.05) is 19.5 Å². The van der Waals surface area contributed by atoms with Crippen LogP contribution in [0.2, 0.25) is 0 Å². The fourth-order valence-corrected chi connectivity index (χ4v) is 0.868. The van der Waals surface area contributed by atoms with Gasteiger partial charge in [-0.1, -0.05) is 0 Å². The molecule has 0 aromatic carbocycles. The Balaban J connectivity index is 0. The Hall–Kier alpha value is 0.160. The molecule has 0 spiro atoms. The average Bonchev–Trinajstić information content (AvgIpc) is 1.63. The zero-order valence-corrected chi connectivity index (χ0v) is 7.24. The van der Waals surface area contributed by atoms with E-state index in [1.807, 2.05) is 0 Å². The van der Waals surface area contributed by atoms with Gasteiger partial charge in [0, 0.05) is 13.7 Å². The highest BCUT2D eigenvalue weighted by Crippen LogP contribution is 1.87. The molecule has 0 amide bonds. The second kappa shape index (κ2) is 5.91. The van der Waals surface area contributed by atoms with Crippen LogP contribution >= 0.6 is 12.4 Å². The zero-order valence-electron chi connectivity index (χ0n) is 5.61. The molecule has 0 atom stereocenters. The highest BCUT2D eigenvalue weighted by Gasteiger charge is 2.01. The first kappa shape index (κ1) is 12.8. The summed E-state index contributed by atoms with van der Waals surface area (Å²) < 4.78 is 32.7. The molecule has 10 heavy (non-hydrogen) atoms. The molecule has 0 fully saturated rings. The van der Waals surface area contributed by atoms with Crippen molar-refractivity contribution in [3.63, 3.8) is 0 Å². The van der Waals surface area contributed by atoms with Gasteiger partial charge in [0.25, 0.3) is 10.1 Å². The van der Waals surface area contributed by atoms with Gasteiger partial charge in [-0.2, -0.15) is 8.42 Å². The molecule has 4 nitrogen and oxygen atoms in total. The monoisotopic (exact) mass is 190 g/mol. The average molecular weight is 191 g/mol. The number of halogens is 1. The van der Waals surface area contributed by atoms with Gasteiger partial charge in [-0.15, -0.1) is 12.4 Å². The Morgan fingerprint density at radius 2 is 2.00 bits per heavy atom. The van der Waals surface area contributed by atoms with Crippen LogP contribution in [-0.4, -0.2) is 32.4 Å². The Bertz CT molecular complexity index is 153. The molecule has 6 heteroatoms. The summed E-state index contributed by atoms with van der Waals surface area (Å²) in [6.07, 6.45) is 0.343.